The maximum atomic E-state index is 12.4. The number of fused-ring (bicyclic) bond motifs is 1. The average Bonchev–Trinajstić information content (AvgIpc) is 2.67. The van der Waals surface area contributed by atoms with E-state index in [0.29, 0.717) is 13.0 Å². The minimum atomic E-state index is -0.373. The Kier molecular flexibility index (Phi) is 6.80. The van der Waals surface area contributed by atoms with Gasteiger partial charge in [0.2, 0.25) is 5.91 Å². The van der Waals surface area contributed by atoms with Crippen LogP contribution in [0.4, 0.5) is 10.5 Å². The maximum Gasteiger partial charge on any atom is 0.321 e. The van der Waals surface area contributed by atoms with Crippen LogP contribution in [-0.4, -0.2) is 44.0 Å². The van der Waals surface area contributed by atoms with E-state index in [4.69, 9.17) is 0 Å². The van der Waals surface area contributed by atoms with E-state index in [1.165, 1.54) is 0 Å². The summed E-state index contributed by atoms with van der Waals surface area (Å²) in [7, 11) is 1.63. The van der Waals surface area contributed by atoms with Crippen molar-refractivity contribution in [3.8, 4) is 0 Å². The number of rotatable bonds is 6. The molecule has 6 N–H and O–H groups in total. The van der Waals surface area contributed by atoms with Crippen LogP contribution >= 0.6 is 0 Å². The van der Waals surface area contributed by atoms with Gasteiger partial charge in [-0.05, 0) is 36.2 Å². The molecule has 150 valence electrons. The van der Waals surface area contributed by atoms with Gasteiger partial charge in [0.15, 0.2) is 0 Å². The van der Waals surface area contributed by atoms with Gasteiger partial charge >= 0.3 is 6.03 Å². The van der Waals surface area contributed by atoms with Crippen molar-refractivity contribution >= 4 is 28.4 Å². The molecule has 1 heterocycles. The number of amides is 3. The molecule has 0 aliphatic carbocycles. The van der Waals surface area contributed by atoms with Crippen LogP contribution in [-0.2, 0) is 4.79 Å². The predicted octanol–water partition coefficient (Wildman–Crippen LogP) is 1.27. The molecule has 3 rings (SSSR count). The average molecular weight is 384 g/mol. The largest absolute Gasteiger partial charge is 0.359 e. The Morgan fingerprint density at radius 2 is 1.89 bits per heavy atom. The normalized spacial score (nSPS) is 21.9. The molecule has 8 heteroatoms. The molecule has 8 nitrogen and oxygen atoms in total. The van der Waals surface area contributed by atoms with Crippen molar-refractivity contribution in [2.75, 3.05) is 18.9 Å². The lowest BCUT2D eigenvalue weighted by atomic mass is 10.1. The molecular formula is C20H28N6O2. The summed E-state index contributed by atoms with van der Waals surface area (Å²) in [4.78, 5) is 23.7. The quantitative estimate of drug-likeness (QED) is 0.450. The molecule has 2 aromatic carbocycles. The molecule has 28 heavy (non-hydrogen) atoms. The zero-order valence-corrected chi connectivity index (χ0v) is 16.2. The van der Waals surface area contributed by atoms with Crippen molar-refractivity contribution in [1.82, 2.24) is 26.6 Å². The van der Waals surface area contributed by atoms with Gasteiger partial charge in [-0.1, -0.05) is 30.3 Å². The van der Waals surface area contributed by atoms with Crippen molar-refractivity contribution in [2.45, 2.75) is 38.3 Å². The van der Waals surface area contributed by atoms with Gasteiger partial charge in [0.1, 0.15) is 6.29 Å². The summed E-state index contributed by atoms with van der Waals surface area (Å²) in [6, 6.07) is 13.7. The molecule has 1 fully saturated rings. The molecule has 0 aromatic heterocycles. The van der Waals surface area contributed by atoms with Gasteiger partial charge in [-0.2, -0.15) is 0 Å². The third kappa shape index (κ3) is 5.66. The first-order valence-corrected chi connectivity index (χ1v) is 9.56. The molecule has 0 bridgehead atoms. The number of carbonyl (C=O) groups excluding carboxylic acids is 2. The topological polar surface area (TPSA) is 106 Å². The predicted molar refractivity (Wildman–Crippen MR) is 111 cm³/mol. The lowest BCUT2D eigenvalue weighted by molar-refractivity contribution is -0.120. The van der Waals surface area contributed by atoms with E-state index < -0.39 is 0 Å². The molecule has 2 aromatic rings. The van der Waals surface area contributed by atoms with Gasteiger partial charge in [-0.15, -0.1) is 0 Å². The van der Waals surface area contributed by atoms with Crippen molar-refractivity contribution in [3.05, 3.63) is 42.5 Å². The van der Waals surface area contributed by atoms with Crippen LogP contribution in [0.2, 0.25) is 0 Å². The molecular weight excluding hydrogens is 356 g/mol. The van der Waals surface area contributed by atoms with Crippen LogP contribution in [0.15, 0.2) is 42.5 Å². The number of hydrogen-bond donors (Lipinski definition) is 6. The molecule has 3 amide bonds. The monoisotopic (exact) mass is 384 g/mol. The van der Waals surface area contributed by atoms with Gasteiger partial charge in [0.25, 0.3) is 0 Å². The number of nitrogens with one attached hydrogen (secondary N) is 6. The first-order valence-electron chi connectivity index (χ1n) is 9.56. The van der Waals surface area contributed by atoms with E-state index in [1.807, 2.05) is 42.5 Å². The van der Waals surface area contributed by atoms with E-state index in [2.05, 4.69) is 38.8 Å². The highest BCUT2D eigenvalue weighted by Gasteiger charge is 2.25. The molecule has 3 unspecified atom stereocenters. The number of carbonyl (C=O) groups is 2. The molecule has 1 saturated heterocycles. The Morgan fingerprint density at radius 3 is 2.68 bits per heavy atom. The number of urea groups is 1. The van der Waals surface area contributed by atoms with Gasteiger partial charge in [-0.3, -0.25) is 15.4 Å². The lowest BCUT2D eigenvalue weighted by Crippen LogP contribution is -2.67. The first kappa shape index (κ1) is 20.1. The highest BCUT2D eigenvalue weighted by Crippen LogP contribution is 2.18. The summed E-state index contributed by atoms with van der Waals surface area (Å²) >= 11 is 0. The number of hydrogen-bond acceptors (Lipinski definition) is 5. The second-order valence-corrected chi connectivity index (χ2v) is 6.99. The lowest BCUT2D eigenvalue weighted by Gasteiger charge is -2.36. The standard InChI is InChI=1S/C20H28N6O2/c1-13-11-17(22-10-9-18(27)21-2)25-19(23-13)26-20(28)24-16-8-7-14-5-3-4-6-15(14)12-16/h3-8,12-13,17,19,22-23,25H,9-11H2,1-2H3,(H,21,27)(H2,24,26,28). The number of anilines is 1. The van der Waals surface area contributed by atoms with E-state index in [0.717, 1.165) is 22.9 Å². The van der Waals surface area contributed by atoms with Gasteiger partial charge in [0.05, 0.1) is 6.17 Å². The summed E-state index contributed by atoms with van der Waals surface area (Å²) in [6.07, 6.45) is 0.892. The molecule has 1 aliphatic heterocycles. The third-order valence-electron chi connectivity index (χ3n) is 4.71. The molecule has 0 spiro atoms. The summed E-state index contributed by atoms with van der Waals surface area (Å²) in [6.45, 7) is 2.63. The zero-order chi connectivity index (χ0) is 19.9. The molecule has 0 saturated carbocycles. The van der Waals surface area contributed by atoms with Crippen molar-refractivity contribution in [1.29, 1.82) is 0 Å². The van der Waals surface area contributed by atoms with Crippen LogP contribution in [0.1, 0.15) is 19.8 Å². The van der Waals surface area contributed by atoms with Crippen molar-refractivity contribution in [2.24, 2.45) is 0 Å². The van der Waals surface area contributed by atoms with Crippen LogP contribution in [0.5, 0.6) is 0 Å². The molecule has 3 atom stereocenters. The smallest absolute Gasteiger partial charge is 0.321 e. The summed E-state index contributed by atoms with van der Waals surface area (Å²) < 4.78 is 0. The van der Waals surface area contributed by atoms with E-state index in [9.17, 15) is 9.59 Å². The van der Waals surface area contributed by atoms with E-state index in [1.54, 1.807) is 7.05 Å². The van der Waals surface area contributed by atoms with Crippen LogP contribution in [0, 0.1) is 0 Å². The highest BCUT2D eigenvalue weighted by molar-refractivity contribution is 5.93. The zero-order valence-electron chi connectivity index (χ0n) is 16.2. The molecule has 0 radical (unpaired) electrons. The van der Waals surface area contributed by atoms with Gasteiger partial charge in [0, 0.05) is 31.7 Å². The second-order valence-electron chi connectivity index (χ2n) is 6.99. The van der Waals surface area contributed by atoms with Crippen molar-refractivity contribution in [3.63, 3.8) is 0 Å². The first-order chi connectivity index (χ1) is 13.5. The Labute approximate surface area is 164 Å². The fraction of sp³-hybridized carbons (Fsp3) is 0.400. The van der Waals surface area contributed by atoms with E-state index in [-0.39, 0.29) is 30.4 Å². The number of benzene rings is 2. The summed E-state index contributed by atoms with van der Waals surface area (Å²) in [5.41, 5.74) is 0.736. The fourth-order valence-electron chi connectivity index (χ4n) is 3.30. The minimum Gasteiger partial charge on any atom is -0.359 e. The third-order valence-corrected chi connectivity index (χ3v) is 4.71. The SMILES string of the molecule is CNC(=O)CCNC1CC(C)NC(NC(=O)Nc2ccc3ccccc3c2)N1. The Bertz CT molecular complexity index is 827. The molecule has 1 aliphatic rings. The van der Waals surface area contributed by atoms with E-state index >= 15 is 0 Å². The Hall–Kier alpha value is -2.68. The Balaban J connectivity index is 1.51. The Morgan fingerprint density at radius 1 is 1.11 bits per heavy atom. The van der Waals surface area contributed by atoms with Gasteiger partial charge < -0.3 is 21.3 Å². The van der Waals surface area contributed by atoms with Gasteiger partial charge in [-0.25, -0.2) is 4.79 Å². The minimum absolute atomic E-state index is 0.000999. The van der Waals surface area contributed by atoms with Crippen LogP contribution in [0.3, 0.4) is 0 Å². The summed E-state index contributed by atoms with van der Waals surface area (Å²) in [5, 5.41) is 20.5. The second kappa shape index (κ2) is 9.50. The van der Waals surface area contributed by atoms with Crippen LogP contribution < -0.4 is 31.9 Å². The highest BCUT2D eigenvalue weighted by atomic mass is 16.2. The van der Waals surface area contributed by atoms with Crippen LogP contribution in [0.25, 0.3) is 10.8 Å². The summed E-state index contributed by atoms with van der Waals surface area (Å²) in [5.74, 6) is -0.000999. The fourth-order valence-corrected chi connectivity index (χ4v) is 3.30. The van der Waals surface area contributed by atoms with Crippen molar-refractivity contribution < 1.29 is 9.59 Å². The maximum absolute atomic E-state index is 12.4.